The van der Waals surface area contributed by atoms with Crippen molar-refractivity contribution in [2.45, 2.75) is 19.5 Å². The number of hydrogen-bond acceptors (Lipinski definition) is 2. The minimum Gasteiger partial charge on any atom is -0.343 e. The monoisotopic (exact) mass is 285 g/mol. The van der Waals surface area contributed by atoms with Crippen LogP contribution in [0.1, 0.15) is 28.5 Å². The molecular weight excluding hydrogens is 271 g/mol. The average molecular weight is 285 g/mol. The summed E-state index contributed by atoms with van der Waals surface area (Å²) in [6.07, 6.45) is -1.74. The molecule has 0 aliphatic rings. The number of carbonyl (C=O) groups excluding carboxylic acids is 1. The molecule has 0 spiro atoms. The van der Waals surface area contributed by atoms with Crippen molar-refractivity contribution in [3.63, 3.8) is 0 Å². The molecule has 2 aromatic rings. The van der Waals surface area contributed by atoms with Gasteiger partial charge in [0.2, 0.25) is 0 Å². The van der Waals surface area contributed by atoms with Crippen molar-refractivity contribution >= 4 is 11.6 Å². The van der Waals surface area contributed by atoms with Crippen molar-refractivity contribution in [2.24, 2.45) is 0 Å². The van der Waals surface area contributed by atoms with Crippen molar-refractivity contribution in [1.29, 1.82) is 0 Å². The van der Waals surface area contributed by atoms with E-state index >= 15 is 0 Å². The molecule has 0 radical (unpaired) electrons. The van der Waals surface area contributed by atoms with E-state index in [1.165, 1.54) is 15.5 Å². The Kier molecular flexibility index (Phi) is 3.45. The van der Waals surface area contributed by atoms with E-state index in [0.717, 1.165) is 12.3 Å². The molecular formula is C13H14F3N3O. The molecule has 0 aliphatic carbocycles. The highest BCUT2D eigenvalue weighted by atomic mass is 19.4. The van der Waals surface area contributed by atoms with Crippen LogP contribution in [0.2, 0.25) is 0 Å². The Hall–Kier alpha value is -2.05. The Balaban J connectivity index is 2.64. The van der Waals surface area contributed by atoms with Gasteiger partial charge in [0.05, 0.1) is 5.56 Å². The van der Waals surface area contributed by atoms with Gasteiger partial charge in [0.15, 0.2) is 0 Å². The van der Waals surface area contributed by atoms with Gasteiger partial charge >= 0.3 is 6.18 Å². The van der Waals surface area contributed by atoms with Gasteiger partial charge in [0.25, 0.3) is 5.91 Å². The molecule has 108 valence electrons. The minimum atomic E-state index is -4.42. The van der Waals surface area contributed by atoms with Crippen LogP contribution in [0.15, 0.2) is 18.5 Å². The summed E-state index contributed by atoms with van der Waals surface area (Å²) < 4.78 is 39.7. The lowest BCUT2D eigenvalue weighted by atomic mass is 10.1. The number of halogens is 3. The summed E-state index contributed by atoms with van der Waals surface area (Å²) in [4.78, 5) is 17.3. The number of imidazole rings is 1. The number of carbonyl (C=O) groups is 1. The topological polar surface area (TPSA) is 37.6 Å². The van der Waals surface area contributed by atoms with Crippen LogP contribution in [-0.4, -0.2) is 34.3 Å². The van der Waals surface area contributed by atoms with Crippen molar-refractivity contribution in [2.75, 3.05) is 14.1 Å². The van der Waals surface area contributed by atoms with Gasteiger partial charge in [0.1, 0.15) is 11.3 Å². The largest absolute Gasteiger partial charge is 0.417 e. The van der Waals surface area contributed by atoms with Gasteiger partial charge in [-0.25, -0.2) is 4.98 Å². The second-order valence-corrected chi connectivity index (χ2v) is 4.66. The molecule has 2 heterocycles. The SMILES string of the molecule is CCc1cc(C(F)(F)F)cn2cc(C(=O)N(C)C)nc12. The van der Waals surface area contributed by atoms with Gasteiger partial charge in [-0.1, -0.05) is 6.92 Å². The van der Waals surface area contributed by atoms with Crippen molar-refractivity contribution in [3.8, 4) is 0 Å². The third kappa shape index (κ3) is 2.48. The highest BCUT2D eigenvalue weighted by Crippen LogP contribution is 2.31. The van der Waals surface area contributed by atoms with E-state index in [-0.39, 0.29) is 11.6 Å². The number of fused-ring (bicyclic) bond motifs is 1. The molecule has 20 heavy (non-hydrogen) atoms. The van der Waals surface area contributed by atoms with Crippen LogP contribution in [-0.2, 0) is 12.6 Å². The van der Waals surface area contributed by atoms with Gasteiger partial charge in [-0.05, 0) is 18.1 Å². The molecule has 7 heteroatoms. The Morgan fingerprint density at radius 2 is 2.00 bits per heavy atom. The lowest BCUT2D eigenvalue weighted by molar-refractivity contribution is -0.137. The summed E-state index contributed by atoms with van der Waals surface area (Å²) in [6, 6.07) is 1.08. The molecule has 2 rings (SSSR count). The van der Waals surface area contributed by atoms with E-state index in [1.807, 2.05) is 0 Å². The Morgan fingerprint density at radius 3 is 2.50 bits per heavy atom. The molecule has 0 saturated heterocycles. The maximum absolute atomic E-state index is 12.8. The average Bonchev–Trinajstić information content (AvgIpc) is 2.78. The predicted octanol–water partition coefficient (Wildman–Crippen LogP) is 2.62. The fourth-order valence-corrected chi connectivity index (χ4v) is 1.92. The van der Waals surface area contributed by atoms with Gasteiger partial charge in [0, 0.05) is 26.5 Å². The molecule has 0 unspecified atom stereocenters. The summed E-state index contributed by atoms with van der Waals surface area (Å²) in [5.41, 5.74) is 0.218. The van der Waals surface area contributed by atoms with Crippen LogP contribution < -0.4 is 0 Å². The number of nitrogens with zero attached hydrogens (tertiary/aromatic N) is 3. The highest BCUT2D eigenvalue weighted by molar-refractivity contribution is 5.92. The molecule has 0 aromatic carbocycles. The van der Waals surface area contributed by atoms with Crippen LogP contribution in [0.3, 0.4) is 0 Å². The summed E-state index contributed by atoms with van der Waals surface area (Å²) in [6.45, 7) is 1.75. The van der Waals surface area contributed by atoms with Crippen LogP contribution >= 0.6 is 0 Å². The standard InChI is InChI=1S/C13H14F3N3O/c1-4-8-5-9(13(14,15)16)6-19-7-10(17-11(8)19)12(20)18(2)3/h5-7H,4H2,1-3H3. The summed E-state index contributed by atoms with van der Waals surface area (Å²) in [5.74, 6) is -0.343. The molecule has 0 atom stereocenters. The van der Waals surface area contributed by atoms with Crippen LogP contribution in [0.25, 0.3) is 5.65 Å². The number of alkyl halides is 3. The fraction of sp³-hybridized carbons (Fsp3) is 0.385. The first-order chi connectivity index (χ1) is 9.24. The van der Waals surface area contributed by atoms with E-state index < -0.39 is 11.7 Å². The van der Waals surface area contributed by atoms with Crippen LogP contribution in [0.4, 0.5) is 13.2 Å². The number of aryl methyl sites for hydroxylation is 1. The minimum absolute atomic E-state index is 0.129. The lowest BCUT2D eigenvalue weighted by Gasteiger charge is -2.09. The van der Waals surface area contributed by atoms with E-state index in [2.05, 4.69) is 4.98 Å². The molecule has 0 aliphatic heterocycles. The highest BCUT2D eigenvalue weighted by Gasteiger charge is 2.32. The predicted molar refractivity (Wildman–Crippen MR) is 67.6 cm³/mol. The van der Waals surface area contributed by atoms with Gasteiger partial charge in [-0.2, -0.15) is 13.2 Å². The first-order valence-electron chi connectivity index (χ1n) is 6.04. The quantitative estimate of drug-likeness (QED) is 0.850. The maximum Gasteiger partial charge on any atom is 0.417 e. The first kappa shape index (κ1) is 14.4. The van der Waals surface area contributed by atoms with Gasteiger partial charge in [-0.15, -0.1) is 0 Å². The van der Waals surface area contributed by atoms with Crippen LogP contribution in [0, 0.1) is 0 Å². The Bertz CT molecular complexity index is 659. The van der Waals surface area contributed by atoms with E-state index in [4.69, 9.17) is 0 Å². The van der Waals surface area contributed by atoms with E-state index in [0.29, 0.717) is 17.6 Å². The summed E-state index contributed by atoms with van der Waals surface area (Å²) >= 11 is 0. The number of rotatable bonds is 2. The zero-order valence-electron chi connectivity index (χ0n) is 11.3. The number of hydrogen-bond donors (Lipinski definition) is 0. The van der Waals surface area contributed by atoms with Gasteiger partial charge < -0.3 is 9.30 Å². The lowest BCUT2D eigenvalue weighted by Crippen LogP contribution is -2.21. The first-order valence-corrected chi connectivity index (χ1v) is 6.04. The van der Waals surface area contributed by atoms with Crippen molar-refractivity contribution in [1.82, 2.24) is 14.3 Å². The molecule has 0 saturated carbocycles. The summed E-state index contributed by atoms with van der Waals surface area (Å²) in [5, 5.41) is 0. The molecule has 0 fully saturated rings. The number of pyridine rings is 1. The molecule has 1 amide bonds. The smallest absolute Gasteiger partial charge is 0.343 e. The maximum atomic E-state index is 12.8. The molecule has 2 aromatic heterocycles. The second kappa shape index (κ2) is 4.81. The third-order valence-electron chi connectivity index (χ3n) is 2.96. The summed E-state index contributed by atoms with van der Waals surface area (Å²) in [7, 11) is 3.13. The van der Waals surface area contributed by atoms with Crippen molar-refractivity contribution in [3.05, 3.63) is 35.3 Å². The molecule has 0 bridgehead atoms. The number of amides is 1. The Labute approximate surface area is 113 Å². The zero-order valence-corrected chi connectivity index (χ0v) is 11.3. The molecule has 0 N–H and O–H groups in total. The molecule has 4 nitrogen and oxygen atoms in total. The Morgan fingerprint density at radius 1 is 1.35 bits per heavy atom. The third-order valence-corrected chi connectivity index (χ3v) is 2.96. The normalized spacial score (nSPS) is 11.9. The van der Waals surface area contributed by atoms with Gasteiger partial charge in [-0.3, -0.25) is 4.79 Å². The zero-order chi connectivity index (χ0) is 15.1. The number of aromatic nitrogens is 2. The van der Waals surface area contributed by atoms with Crippen molar-refractivity contribution < 1.29 is 18.0 Å². The van der Waals surface area contributed by atoms with E-state index in [9.17, 15) is 18.0 Å². The fourth-order valence-electron chi connectivity index (χ4n) is 1.92. The van der Waals surface area contributed by atoms with Crippen LogP contribution in [0.5, 0.6) is 0 Å². The van der Waals surface area contributed by atoms with E-state index in [1.54, 1.807) is 21.0 Å². The second-order valence-electron chi connectivity index (χ2n) is 4.66.